The molecule has 3 heterocycles. The molecule has 3 aliphatic rings. The zero-order valence-electron chi connectivity index (χ0n) is 64.2. The van der Waals surface area contributed by atoms with E-state index in [9.17, 15) is 0 Å². The van der Waals surface area contributed by atoms with Crippen molar-refractivity contribution in [3.8, 4) is 101 Å². The molecule has 0 radical (unpaired) electrons. The highest BCUT2D eigenvalue weighted by Crippen LogP contribution is 2.53. The van der Waals surface area contributed by atoms with E-state index in [1.807, 2.05) is 54.6 Å². The van der Waals surface area contributed by atoms with Gasteiger partial charge in [0.25, 0.3) is 0 Å². The fraction of sp³-hybridized carbons (Fsp3) is 0.113. The minimum atomic E-state index is -0.439. The van der Waals surface area contributed by atoms with Gasteiger partial charge >= 0.3 is 7.12 Å². The summed E-state index contributed by atoms with van der Waals surface area (Å²) in [6.07, 6.45) is 0. The van der Waals surface area contributed by atoms with Gasteiger partial charge in [0.2, 0.25) is 0 Å². The molecule has 0 amide bonds. The second-order valence-electron chi connectivity index (χ2n) is 32.2. The Hall–Kier alpha value is -12.3. The Kier molecular flexibility index (Phi) is 17.3. The van der Waals surface area contributed by atoms with E-state index in [1.165, 1.54) is 137 Å². The quantitative estimate of drug-likeness (QED) is 0.0864. The van der Waals surface area contributed by atoms with Crippen molar-refractivity contribution in [2.24, 2.45) is 0 Å². The molecule has 0 unspecified atom stereocenters. The molecule has 2 aliphatic carbocycles. The zero-order chi connectivity index (χ0) is 76.2. The van der Waals surface area contributed by atoms with Crippen LogP contribution in [0.25, 0.3) is 165 Å². The molecule has 6 heteroatoms. The summed E-state index contributed by atoms with van der Waals surface area (Å²) in [5.74, 6) is 0. The lowest BCUT2D eigenvalue weighted by molar-refractivity contribution is 0.00578. The molecule has 0 spiro atoms. The average molecular weight is 1460 g/mol. The molecule has 18 aromatic rings. The van der Waals surface area contributed by atoms with Crippen LogP contribution in [0.15, 0.2) is 352 Å². The molecule has 538 valence electrons. The molecule has 4 nitrogen and oxygen atoms in total. The highest BCUT2D eigenvalue weighted by atomic mass is 35.5. The summed E-state index contributed by atoms with van der Waals surface area (Å²) in [7, 11) is -0.439. The fourth-order valence-corrected chi connectivity index (χ4v) is 18.0. The lowest BCUT2D eigenvalue weighted by Gasteiger charge is -2.32. The molecule has 112 heavy (non-hydrogen) atoms. The first-order chi connectivity index (χ1) is 54.4. The standard InChI is InChI=1S/C50H35N.C39H35BO2.C17H12ClN/c1-50(2)45-23-12-11-20-40(45)41-27-25-35(29-46(41)50)34-24-26-39-37-18-9-10-19-38(37)42-21-13-22-43(49(42)44(39)28-34)48-31-36(32-14-5-3-6-15-32)30-47(51-48)33-16-7-4-8-17-33;1-37(2)33-16-10-9-14-29(33)30-21-19-25(23-34(30)37)24-18-20-28-26-12-7-8-13-27(26)31-15-11-17-35(36(31)32(28)22-24)40-41-38(3,4)39(5,6)42-40;18-17-12-15(13-7-3-1-4-8-13)11-16(19-17)14-9-5-2-6-10-14/h3-31H,1-2H3;7-23H,1-6H3;1-12H. The minimum absolute atomic E-state index is 0.0361. The monoisotopic (exact) mass is 1460 g/mol. The van der Waals surface area contributed by atoms with Crippen molar-refractivity contribution in [1.29, 1.82) is 0 Å². The summed E-state index contributed by atoms with van der Waals surface area (Å²) in [4.78, 5) is 9.79. The molecule has 0 atom stereocenters. The fourth-order valence-electron chi connectivity index (χ4n) is 17.8. The van der Waals surface area contributed by atoms with E-state index in [0.29, 0.717) is 5.15 Å². The predicted octanol–water partition coefficient (Wildman–Crippen LogP) is 28.0. The van der Waals surface area contributed by atoms with Crippen molar-refractivity contribution in [1.82, 2.24) is 9.97 Å². The average Bonchev–Trinajstić information content (AvgIpc) is 1.30. The summed E-state index contributed by atoms with van der Waals surface area (Å²) in [6.45, 7) is 17.9. The number of hydrogen-bond acceptors (Lipinski definition) is 4. The van der Waals surface area contributed by atoms with Crippen LogP contribution < -0.4 is 5.46 Å². The first-order valence-electron chi connectivity index (χ1n) is 39.0. The van der Waals surface area contributed by atoms with Crippen LogP contribution >= 0.6 is 11.6 Å². The molecule has 0 N–H and O–H groups in total. The van der Waals surface area contributed by atoms with Crippen LogP contribution in [0.4, 0.5) is 0 Å². The maximum Gasteiger partial charge on any atom is 0.495 e. The smallest absolute Gasteiger partial charge is 0.399 e. The van der Waals surface area contributed by atoms with E-state index in [-0.39, 0.29) is 10.8 Å². The number of halogens is 1. The van der Waals surface area contributed by atoms with E-state index in [0.717, 1.165) is 55.9 Å². The Balaban J connectivity index is 0.000000124. The molecule has 16 aromatic carbocycles. The maximum atomic E-state index is 6.62. The third-order valence-electron chi connectivity index (χ3n) is 24.3. The lowest BCUT2D eigenvalue weighted by Crippen LogP contribution is -2.41. The summed E-state index contributed by atoms with van der Waals surface area (Å²) in [6, 6.07) is 127. The Bertz CT molecular complexity index is 6640. The van der Waals surface area contributed by atoms with Crippen LogP contribution in [0, 0.1) is 0 Å². The number of hydrogen-bond donors (Lipinski definition) is 0. The third kappa shape index (κ3) is 12.1. The molecular weight excluding hydrogens is 1380 g/mol. The Morgan fingerprint density at radius 3 is 1.06 bits per heavy atom. The van der Waals surface area contributed by atoms with Crippen molar-refractivity contribution in [3.05, 3.63) is 379 Å². The second-order valence-corrected chi connectivity index (χ2v) is 32.6. The molecular formula is C106H82BClN2O2. The first-order valence-corrected chi connectivity index (χ1v) is 39.3. The number of fused-ring (bicyclic) bond motifs is 18. The van der Waals surface area contributed by atoms with Gasteiger partial charge in [-0.2, -0.15) is 0 Å². The van der Waals surface area contributed by atoms with Gasteiger partial charge in [-0.15, -0.1) is 0 Å². The van der Waals surface area contributed by atoms with E-state index in [2.05, 4.69) is 358 Å². The Morgan fingerprint density at radius 2 is 0.571 bits per heavy atom. The summed E-state index contributed by atoms with van der Waals surface area (Å²) < 4.78 is 13.2. The predicted molar refractivity (Wildman–Crippen MR) is 474 cm³/mol. The number of pyridine rings is 2. The molecule has 0 saturated carbocycles. The van der Waals surface area contributed by atoms with Crippen LogP contribution in [0.5, 0.6) is 0 Å². The Labute approximate surface area is 660 Å². The third-order valence-corrected chi connectivity index (χ3v) is 24.5. The van der Waals surface area contributed by atoms with Crippen LogP contribution in [0.3, 0.4) is 0 Å². The normalized spacial score (nSPS) is 14.5. The highest BCUT2D eigenvalue weighted by molar-refractivity contribution is 6.66. The highest BCUT2D eigenvalue weighted by Gasteiger charge is 2.52. The van der Waals surface area contributed by atoms with Gasteiger partial charge in [-0.25, -0.2) is 9.97 Å². The van der Waals surface area contributed by atoms with Crippen LogP contribution in [0.2, 0.25) is 5.15 Å². The maximum absolute atomic E-state index is 6.62. The Morgan fingerprint density at radius 1 is 0.232 bits per heavy atom. The molecule has 21 rings (SSSR count). The van der Waals surface area contributed by atoms with E-state index >= 15 is 0 Å². The first kappa shape index (κ1) is 70.1. The SMILES string of the molecule is CC1(C)c2ccccc2-c2ccc(-c3ccc4c5ccccc5c5cccc(-c6cc(-c7ccccc7)cc(-c7ccccc7)n6)c5c4c3)cc21.CC1(C)c2ccccc2-c2ccc(-c3ccc4c5ccccc5c5cccc(B6OC(C)(C)C(C)(C)O6)c5c4c3)cc21.Clc1cc(-c2ccccc2)cc(-c2ccccc2)n1. The number of aromatic nitrogens is 2. The second kappa shape index (κ2) is 27.6. The van der Waals surface area contributed by atoms with Gasteiger partial charge in [-0.3, -0.25) is 0 Å². The van der Waals surface area contributed by atoms with Crippen LogP contribution in [-0.2, 0) is 20.1 Å². The number of benzene rings is 16. The van der Waals surface area contributed by atoms with Gasteiger partial charge in [-0.1, -0.05) is 343 Å². The summed E-state index contributed by atoms with van der Waals surface area (Å²) in [5.41, 5.74) is 26.8. The van der Waals surface area contributed by atoms with Gasteiger partial charge < -0.3 is 9.31 Å². The lowest BCUT2D eigenvalue weighted by atomic mass is 9.74. The van der Waals surface area contributed by atoms with Crippen molar-refractivity contribution < 1.29 is 9.31 Å². The molecule has 2 aromatic heterocycles. The van der Waals surface area contributed by atoms with Gasteiger partial charge in [0.1, 0.15) is 5.15 Å². The van der Waals surface area contributed by atoms with Gasteiger partial charge in [-0.05, 0) is 235 Å². The van der Waals surface area contributed by atoms with Crippen LogP contribution in [0.1, 0.15) is 77.6 Å². The van der Waals surface area contributed by atoms with Crippen molar-refractivity contribution in [2.45, 2.75) is 77.4 Å². The van der Waals surface area contributed by atoms with E-state index in [1.54, 1.807) is 0 Å². The van der Waals surface area contributed by atoms with Crippen LogP contribution in [-0.4, -0.2) is 28.3 Å². The largest absolute Gasteiger partial charge is 0.495 e. The van der Waals surface area contributed by atoms with Gasteiger partial charge in [0.15, 0.2) is 0 Å². The van der Waals surface area contributed by atoms with Crippen molar-refractivity contribution >= 4 is 88.8 Å². The number of nitrogens with zero attached hydrogens (tertiary/aromatic N) is 2. The van der Waals surface area contributed by atoms with E-state index < -0.39 is 18.3 Å². The zero-order valence-corrected chi connectivity index (χ0v) is 64.9. The topological polar surface area (TPSA) is 44.2 Å². The molecule has 0 bridgehead atoms. The van der Waals surface area contributed by atoms with Crippen molar-refractivity contribution in [2.75, 3.05) is 0 Å². The molecule has 1 aliphatic heterocycles. The summed E-state index contributed by atoms with van der Waals surface area (Å²) >= 11 is 6.14. The summed E-state index contributed by atoms with van der Waals surface area (Å²) in [5, 5.41) is 15.5. The molecule has 1 fully saturated rings. The molecule has 1 saturated heterocycles. The van der Waals surface area contributed by atoms with Crippen molar-refractivity contribution in [3.63, 3.8) is 0 Å². The van der Waals surface area contributed by atoms with Gasteiger partial charge in [0.05, 0.1) is 28.3 Å². The minimum Gasteiger partial charge on any atom is -0.399 e. The number of rotatable bonds is 8. The van der Waals surface area contributed by atoms with E-state index in [4.69, 9.17) is 25.9 Å². The van der Waals surface area contributed by atoms with Gasteiger partial charge in [0, 0.05) is 27.5 Å².